The maximum absolute atomic E-state index is 12.4. The summed E-state index contributed by atoms with van der Waals surface area (Å²) in [6.45, 7) is 5.52. The number of benzene rings is 1. The zero-order valence-electron chi connectivity index (χ0n) is 14.3. The highest BCUT2D eigenvalue weighted by atomic mass is 16.5. The molecule has 0 bridgehead atoms. The Morgan fingerprint density at radius 3 is 2.88 bits per heavy atom. The van der Waals surface area contributed by atoms with Crippen LogP contribution in [0.2, 0.25) is 0 Å². The number of amides is 1. The van der Waals surface area contributed by atoms with E-state index in [4.69, 9.17) is 10.5 Å². The summed E-state index contributed by atoms with van der Waals surface area (Å²) < 4.78 is 7.37. The fourth-order valence-corrected chi connectivity index (χ4v) is 2.69. The highest BCUT2D eigenvalue weighted by Gasteiger charge is 2.13. The first-order valence-corrected chi connectivity index (χ1v) is 8.24. The highest BCUT2D eigenvalue weighted by Crippen LogP contribution is 2.19. The molecule has 130 valence electrons. The number of ether oxygens (including phenoxy) is 1. The van der Waals surface area contributed by atoms with E-state index in [9.17, 15) is 4.79 Å². The third-order valence-electron chi connectivity index (χ3n) is 3.90. The fraction of sp³-hybridized carbons (Fsp3) is 0.278. The molecule has 7 nitrogen and oxygen atoms in total. The molecular weight excluding hydrogens is 318 g/mol. The number of nitrogens with zero attached hydrogens (tertiary/aromatic N) is 3. The van der Waals surface area contributed by atoms with Gasteiger partial charge in [0.25, 0.3) is 5.91 Å². The monoisotopic (exact) mass is 339 g/mol. The number of imidazole rings is 1. The lowest BCUT2D eigenvalue weighted by molar-refractivity contribution is 0.0950. The van der Waals surface area contributed by atoms with Gasteiger partial charge in [0, 0.05) is 24.8 Å². The van der Waals surface area contributed by atoms with Crippen molar-refractivity contribution in [3.05, 3.63) is 47.7 Å². The Hall–Kier alpha value is -3.09. The van der Waals surface area contributed by atoms with Crippen molar-refractivity contribution in [2.24, 2.45) is 0 Å². The molecule has 3 aromatic rings. The number of nitrogens with one attached hydrogen (secondary N) is 1. The molecule has 1 amide bonds. The summed E-state index contributed by atoms with van der Waals surface area (Å²) in [6, 6.07) is 9.34. The molecule has 0 spiro atoms. The van der Waals surface area contributed by atoms with Gasteiger partial charge in [-0.3, -0.25) is 9.36 Å². The lowest BCUT2D eigenvalue weighted by atomic mass is 10.2. The second-order valence-electron chi connectivity index (χ2n) is 5.50. The Morgan fingerprint density at radius 2 is 2.12 bits per heavy atom. The van der Waals surface area contributed by atoms with E-state index in [1.165, 1.54) is 0 Å². The first-order chi connectivity index (χ1) is 12.1. The quantitative estimate of drug-likeness (QED) is 0.719. The summed E-state index contributed by atoms with van der Waals surface area (Å²) in [6.07, 6.45) is 1.54. The number of carbonyl (C=O) groups is 1. The predicted octanol–water partition coefficient (Wildman–Crippen LogP) is 2.36. The Labute approximate surface area is 145 Å². The van der Waals surface area contributed by atoms with Gasteiger partial charge in [0.2, 0.25) is 5.95 Å². The van der Waals surface area contributed by atoms with E-state index in [0.717, 1.165) is 11.3 Å². The maximum atomic E-state index is 12.4. The van der Waals surface area contributed by atoms with E-state index < -0.39 is 0 Å². The van der Waals surface area contributed by atoms with Crippen LogP contribution in [0.4, 0.5) is 5.95 Å². The average molecular weight is 339 g/mol. The van der Waals surface area contributed by atoms with Gasteiger partial charge in [-0.1, -0.05) is 18.2 Å². The van der Waals surface area contributed by atoms with E-state index >= 15 is 0 Å². The molecule has 3 rings (SSSR count). The van der Waals surface area contributed by atoms with Gasteiger partial charge in [0.15, 0.2) is 5.65 Å². The standard InChI is InChI=1S/C18H21N5O2/c1-3-23-16-14(22-18(23)19)9-13(11-20-16)17(24)21-10-12-7-5-6-8-15(12)25-4-2/h5-9,11H,3-4,10H2,1-2H3,(H2,19,22)(H,21,24). The number of hydrogen-bond acceptors (Lipinski definition) is 5. The molecule has 2 aromatic heterocycles. The number of anilines is 1. The minimum Gasteiger partial charge on any atom is -0.494 e. The van der Waals surface area contributed by atoms with Crippen molar-refractivity contribution in [1.29, 1.82) is 0 Å². The topological polar surface area (TPSA) is 95.1 Å². The molecule has 0 aliphatic heterocycles. The molecule has 3 N–H and O–H groups in total. The molecule has 25 heavy (non-hydrogen) atoms. The third-order valence-corrected chi connectivity index (χ3v) is 3.90. The van der Waals surface area contributed by atoms with Crippen molar-refractivity contribution in [3.63, 3.8) is 0 Å². The van der Waals surface area contributed by atoms with Gasteiger partial charge in [0.05, 0.1) is 12.2 Å². The zero-order chi connectivity index (χ0) is 17.8. The molecule has 0 fully saturated rings. The Balaban J connectivity index is 1.77. The van der Waals surface area contributed by atoms with Crippen molar-refractivity contribution in [3.8, 4) is 5.75 Å². The number of para-hydroxylation sites is 1. The van der Waals surface area contributed by atoms with Gasteiger partial charge in [-0.05, 0) is 26.0 Å². The number of pyridine rings is 1. The van der Waals surface area contributed by atoms with Crippen molar-refractivity contribution in [2.75, 3.05) is 12.3 Å². The van der Waals surface area contributed by atoms with Crippen LogP contribution in [0.1, 0.15) is 29.8 Å². The Kier molecular flexibility index (Phi) is 4.83. The first-order valence-electron chi connectivity index (χ1n) is 8.24. The highest BCUT2D eigenvalue weighted by molar-refractivity contribution is 5.96. The molecule has 1 aromatic carbocycles. The summed E-state index contributed by atoms with van der Waals surface area (Å²) >= 11 is 0. The van der Waals surface area contributed by atoms with E-state index in [1.54, 1.807) is 16.8 Å². The summed E-state index contributed by atoms with van der Waals surface area (Å²) in [5.41, 5.74) is 8.53. The largest absolute Gasteiger partial charge is 0.494 e. The van der Waals surface area contributed by atoms with Gasteiger partial charge in [-0.25, -0.2) is 9.97 Å². The van der Waals surface area contributed by atoms with Gasteiger partial charge >= 0.3 is 0 Å². The molecule has 0 unspecified atom stereocenters. The van der Waals surface area contributed by atoms with Crippen molar-refractivity contribution in [1.82, 2.24) is 19.9 Å². The van der Waals surface area contributed by atoms with Gasteiger partial charge in [-0.2, -0.15) is 0 Å². The number of rotatable bonds is 6. The number of nitrogen functional groups attached to an aromatic ring is 1. The number of carbonyl (C=O) groups excluding carboxylic acids is 1. The summed E-state index contributed by atoms with van der Waals surface area (Å²) in [7, 11) is 0. The molecule has 7 heteroatoms. The van der Waals surface area contributed by atoms with Crippen LogP contribution in [0, 0.1) is 0 Å². The molecule has 0 saturated heterocycles. The lowest BCUT2D eigenvalue weighted by Crippen LogP contribution is -2.23. The predicted molar refractivity (Wildman–Crippen MR) is 96.4 cm³/mol. The minimum absolute atomic E-state index is 0.217. The number of fused-ring (bicyclic) bond motifs is 1. The van der Waals surface area contributed by atoms with Crippen LogP contribution in [-0.4, -0.2) is 27.0 Å². The van der Waals surface area contributed by atoms with Gasteiger partial charge in [0.1, 0.15) is 11.3 Å². The number of aryl methyl sites for hydroxylation is 1. The molecule has 0 aliphatic carbocycles. The molecule has 2 heterocycles. The van der Waals surface area contributed by atoms with Crippen LogP contribution < -0.4 is 15.8 Å². The summed E-state index contributed by atoms with van der Waals surface area (Å²) in [5, 5.41) is 2.89. The van der Waals surface area contributed by atoms with Crippen LogP contribution in [0.5, 0.6) is 5.75 Å². The number of aromatic nitrogens is 3. The van der Waals surface area contributed by atoms with Crippen LogP contribution in [0.25, 0.3) is 11.2 Å². The Morgan fingerprint density at radius 1 is 1.32 bits per heavy atom. The van der Waals surface area contributed by atoms with Crippen LogP contribution in [-0.2, 0) is 13.1 Å². The van der Waals surface area contributed by atoms with E-state index in [-0.39, 0.29) is 5.91 Å². The minimum atomic E-state index is -0.217. The smallest absolute Gasteiger partial charge is 0.253 e. The fourth-order valence-electron chi connectivity index (χ4n) is 2.69. The van der Waals surface area contributed by atoms with E-state index in [0.29, 0.717) is 42.4 Å². The molecular formula is C18H21N5O2. The van der Waals surface area contributed by atoms with E-state index in [1.807, 2.05) is 38.1 Å². The van der Waals surface area contributed by atoms with Crippen molar-refractivity contribution in [2.45, 2.75) is 26.9 Å². The van der Waals surface area contributed by atoms with Gasteiger partial charge < -0.3 is 15.8 Å². The third kappa shape index (κ3) is 3.40. The van der Waals surface area contributed by atoms with Crippen LogP contribution in [0.15, 0.2) is 36.5 Å². The van der Waals surface area contributed by atoms with Crippen LogP contribution >= 0.6 is 0 Å². The SMILES string of the molecule is CCOc1ccccc1CNC(=O)c1cnc2c(c1)nc(N)n2CC. The number of hydrogen-bond donors (Lipinski definition) is 2. The molecule has 0 saturated carbocycles. The molecule has 0 aliphatic rings. The maximum Gasteiger partial charge on any atom is 0.253 e. The van der Waals surface area contributed by atoms with Crippen LogP contribution in [0.3, 0.4) is 0 Å². The Bertz CT molecular complexity index is 904. The second kappa shape index (κ2) is 7.21. The van der Waals surface area contributed by atoms with Crippen molar-refractivity contribution >= 4 is 23.0 Å². The normalized spacial score (nSPS) is 10.8. The zero-order valence-corrected chi connectivity index (χ0v) is 14.3. The lowest BCUT2D eigenvalue weighted by Gasteiger charge is -2.11. The van der Waals surface area contributed by atoms with Crippen molar-refractivity contribution < 1.29 is 9.53 Å². The molecule has 0 atom stereocenters. The molecule has 0 radical (unpaired) electrons. The van der Waals surface area contributed by atoms with Gasteiger partial charge in [-0.15, -0.1) is 0 Å². The number of nitrogens with two attached hydrogens (primary N) is 1. The second-order valence-corrected chi connectivity index (χ2v) is 5.50. The summed E-state index contributed by atoms with van der Waals surface area (Å²) in [5.74, 6) is 0.951. The van der Waals surface area contributed by atoms with E-state index in [2.05, 4.69) is 15.3 Å². The average Bonchev–Trinajstić information content (AvgIpc) is 2.95. The first kappa shape index (κ1) is 16.8. The summed E-state index contributed by atoms with van der Waals surface area (Å²) in [4.78, 5) is 21.0.